The lowest BCUT2D eigenvalue weighted by molar-refractivity contribution is 0.104. The number of anilines is 1. The molecule has 0 saturated heterocycles. The van der Waals surface area contributed by atoms with Crippen molar-refractivity contribution in [3.8, 4) is 11.5 Å². The van der Waals surface area contributed by atoms with Gasteiger partial charge in [0.15, 0.2) is 11.5 Å². The summed E-state index contributed by atoms with van der Waals surface area (Å²) < 4.78 is 6.06. The minimum Gasteiger partial charge on any atom is -0.455 e. The van der Waals surface area contributed by atoms with Crippen LogP contribution >= 0.6 is 0 Å². The molecule has 0 aliphatic carbocycles. The molecular weight excluding hydrogens is 322 g/mol. The van der Waals surface area contributed by atoms with E-state index in [9.17, 15) is 4.79 Å². The van der Waals surface area contributed by atoms with Crippen LogP contribution in [0.3, 0.4) is 0 Å². The number of nitrogens with one attached hydrogen (secondary N) is 1. The lowest BCUT2D eigenvalue weighted by Gasteiger charge is -2.14. The molecule has 1 N–H and O–H groups in total. The molecule has 0 heterocycles. The Morgan fingerprint density at radius 3 is 2.19 bits per heavy atom. The van der Waals surface area contributed by atoms with Gasteiger partial charge in [0, 0.05) is 17.3 Å². The molecular formula is C23H21NO2. The first-order chi connectivity index (χ1) is 12.6. The summed E-state index contributed by atoms with van der Waals surface area (Å²) in [6.07, 6.45) is 1.60. The topological polar surface area (TPSA) is 38.3 Å². The van der Waals surface area contributed by atoms with Crippen LogP contribution in [0.5, 0.6) is 11.5 Å². The molecule has 0 spiro atoms. The molecule has 0 saturated carbocycles. The molecule has 3 heteroatoms. The summed E-state index contributed by atoms with van der Waals surface area (Å²) in [4.78, 5) is 12.3. The Kier molecular flexibility index (Phi) is 5.49. The predicted molar refractivity (Wildman–Crippen MR) is 106 cm³/mol. The third-order valence-electron chi connectivity index (χ3n) is 3.94. The third-order valence-corrected chi connectivity index (χ3v) is 3.94. The van der Waals surface area contributed by atoms with E-state index in [1.54, 1.807) is 18.2 Å². The quantitative estimate of drug-likeness (QED) is 0.441. The van der Waals surface area contributed by atoms with Gasteiger partial charge < -0.3 is 10.1 Å². The number of hydrogen-bond acceptors (Lipinski definition) is 3. The zero-order valence-corrected chi connectivity index (χ0v) is 14.9. The molecule has 3 nitrogen and oxygen atoms in total. The van der Waals surface area contributed by atoms with Crippen LogP contribution in [-0.2, 0) is 0 Å². The van der Waals surface area contributed by atoms with Gasteiger partial charge in [-0.2, -0.15) is 0 Å². The molecule has 3 aromatic rings. The summed E-state index contributed by atoms with van der Waals surface area (Å²) in [5.74, 6) is 1.48. The fourth-order valence-corrected chi connectivity index (χ4v) is 2.58. The molecule has 0 aliphatic heterocycles. The van der Waals surface area contributed by atoms with Crippen molar-refractivity contribution in [2.24, 2.45) is 0 Å². The highest BCUT2D eigenvalue weighted by atomic mass is 16.5. The van der Waals surface area contributed by atoms with Crippen LogP contribution in [0.25, 0.3) is 0 Å². The Labute approximate surface area is 154 Å². The van der Waals surface area contributed by atoms with E-state index in [-0.39, 0.29) is 5.78 Å². The second kappa shape index (κ2) is 8.17. The second-order valence-electron chi connectivity index (χ2n) is 6.05. The van der Waals surface area contributed by atoms with Crippen molar-refractivity contribution in [3.05, 3.63) is 102 Å². The normalized spacial score (nSPS) is 11.1. The van der Waals surface area contributed by atoms with Crippen LogP contribution in [0.15, 0.2) is 90.6 Å². The molecule has 26 heavy (non-hydrogen) atoms. The van der Waals surface area contributed by atoms with Gasteiger partial charge >= 0.3 is 0 Å². The standard InChI is InChI=1S/C23H21NO2/c1-17-10-6-8-14-22(17)26-23-15-9-7-13-20(23)24-18(2)16-21(25)19-11-4-3-5-12-19/h3-16,24H,1-2H3/b18-16-. The van der Waals surface area contributed by atoms with E-state index in [1.807, 2.05) is 80.6 Å². The van der Waals surface area contributed by atoms with Gasteiger partial charge in [-0.05, 0) is 37.6 Å². The van der Waals surface area contributed by atoms with Gasteiger partial charge in [-0.25, -0.2) is 0 Å². The minimum atomic E-state index is -0.0343. The number of rotatable bonds is 6. The van der Waals surface area contributed by atoms with E-state index in [1.165, 1.54) is 0 Å². The third kappa shape index (κ3) is 4.39. The van der Waals surface area contributed by atoms with Gasteiger partial charge in [0.05, 0.1) is 5.69 Å². The molecule has 130 valence electrons. The van der Waals surface area contributed by atoms with Crippen molar-refractivity contribution in [2.75, 3.05) is 5.32 Å². The minimum absolute atomic E-state index is 0.0343. The number of aryl methyl sites for hydroxylation is 1. The average molecular weight is 343 g/mol. The molecule has 3 rings (SSSR count). The number of ketones is 1. The highest BCUT2D eigenvalue weighted by molar-refractivity contribution is 6.05. The van der Waals surface area contributed by atoms with Crippen LogP contribution in [0.4, 0.5) is 5.69 Å². The van der Waals surface area contributed by atoms with Crippen LogP contribution in [0.2, 0.25) is 0 Å². The lowest BCUT2D eigenvalue weighted by Crippen LogP contribution is -2.02. The first kappa shape index (κ1) is 17.5. The van der Waals surface area contributed by atoms with Crippen LogP contribution in [0.1, 0.15) is 22.8 Å². The largest absolute Gasteiger partial charge is 0.455 e. The van der Waals surface area contributed by atoms with Crippen LogP contribution in [0, 0.1) is 6.92 Å². The summed E-state index contributed by atoms with van der Waals surface area (Å²) >= 11 is 0. The predicted octanol–water partition coefficient (Wildman–Crippen LogP) is 5.99. The lowest BCUT2D eigenvalue weighted by atomic mass is 10.1. The first-order valence-corrected chi connectivity index (χ1v) is 8.51. The Morgan fingerprint density at radius 1 is 0.846 bits per heavy atom. The van der Waals surface area contributed by atoms with Crippen molar-refractivity contribution < 1.29 is 9.53 Å². The molecule has 0 aliphatic rings. The van der Waals surface area contributed by atoms with Crippen molar-refractivity contribution in [1.82, 2.24) is 0 Å². The van der Waals surface area contributed by atoms with E-state index < -0.39 is 0 Å². The maximum atomic E-state index is 12.3. The Balaban J connectivity index is 1.79. The fourth-order valence-electron chi connectivity index (χ4n) is 2.58. The molecule has 0 unspecified atom stereocenters. The molecule has 3 aromatic carbocycles. The van der Waals surface area contributed by atoms with Gasteiger partial charge in [0.25, 0.3) is 0 Å². The maximum Gasteiger partial charge on any atom is 0.187 e. The smallest absolute Gasteiger partial charge is 0.187 e. The monoisotopic (exact) mass is 343 g/mol. The maximum absolute atomic E-state index is 12.3. The number of hydrogen-bond donors (Lipinski definition) is 1. The van der Waals surface area contributed by atoms with Gasteiger partial charge in [-0.1, -0.05) is 60.7 Å². The number of ether oxygens (including phenoxy) is 1. The van der Waals surface area contributed by atoms with Crippen molar-refractivity contribution in [3.63, 3.8) is 0 Å². The molecule has 0 atom stereocenters. The van der Waals surface area contributed by atoms with E-state index in [0.717, 1.165) is 22.7 Å². The molecule has 0 amide bonds. The summed E-state index contributed by atoms with van der Waals surface area (Å²) in [7, 11) is 0. The van der Waals surface area contributed by atoms with E-state index in [2.05, 4.69) is 5.32 Å². The Morgan fingerprint density at radius 2 is 1.46 bits per heavy atom. The number of carbonyl (C=O) groups is 1. The van der Waals surface area contributed by atoms with Gasteiger partial charge in [-0.3, -0.25) is 4.79 Å². The number of allylic oxidation sites excluding steroid dienone is 2. The van der Waals surface area contributed by atoms with Gasteiger partial charge in [0.1, 0.15) is 5.75 Å². The van der Waals surface area contributed by atoms with Crippen LogP contribution < -0.4 is 10.1 Å². The van der Waals surface area contributed by atoms with Crippen LogP contribution in [-0.4, -0.2) is 5.78 Å². The number of para-hydroxylation sites is 3. The highest BCUT2D eigenvalue weighted by Gasteiger charge is 2.08. The van der Waals surface area contributed by atoms with Crippen molar-refractivity contribution in [2.45, 2.75) is 13.8 Å². The summed E-state index contributed by atoms with van der Waals surface area (Å²) in [5.41, 5.74) is 3.29. The summed E-state index contributed by atoms with van der Waals surface area (Å²) in [6.45, 7) is 3.88. The van der Waals surface area contributed by atoms with E-state index in [0.29, 0.717) is 11.3 Å². The summed E-state index contributed by atoms with van der Waals surface area (Å²) in [5, 5.41) is 3.27. The average Bonchev–Trinajstić information content (AvgIpc) is 2.66. The second-order valence-corrected chi connectivity index (χ2v) is 6.05. The number of benzene rings is 3. The molecule has 0 bridgehead atoms. The fraction of sp³-hybridized carbons (Fsp3) is 0.0870. The van der Waals surface area contributed by atoms with E-state index >= 15 is 0 Å². The SMILES string of the molecule is C/C(=C/C(=O)c1ccccc1)Nc1ccccc1Oc1ccccc1C. The molecule has 0 fully saturated rings. The van der Waals surface area contributed by atoms with Gasteiger partial charge in [0.2, 0.25) is 0 Å². The number of carbonyl (C=O) groups excluding carboxylic acids is 1. The Hall–Kier alpha value is -3.33. The van der Waals surface area contributed by atoms with Gasteiger partial charge in [-0.15, -0.1) is 0 Å². The Bertz CT molecular complexity index is 930. The van der Waals surface area contributed by atoms with E-state index in [4.69, 9.17) is 4.74 Å². The van der Waals surface area contributed by atoms with Crippen molar-refractivity contribution in [1.29, 1.82) is 0 Å². The zero-order chi connectivity index (χ0) is 18.4. The van der Waals surface area contributed by atoms with Crippen molar-refractivity contribution >= 4 is 11.5 Å². The molecule has 0 radical (unpaired) electrons. The molecule has 0 aromatic heterocycles. The summed E-state index contributed by atoms with van der Waals surface area (Å²) in [6, 6.07) is 24.8. The first-order valence-electron chi connectivity index (χ1n) is 8.51. The zero-order valence-electron chi connectivity index (χ0n) is 14.9. The highest BCUT2D eigenvalue weighted by Crippen LogP contribution is 2.31.